The van der Waals surface area contributed by atoms with Crippen molar-refractivity contribution in [2.75, 3.05) is 21.2 Å². The molecule has 326 valence electrons. The van der Waals surface area contributed by atoms with Gasteiger partial charge in [0.15, 0.2) is 18.7 Å². The Morgan fingerprint density at radius 2 is 1.68 bits per heavy atom. The first-order valence-corrected chi connectivity index (χ1v) is 20.0. The van der Waals surface area contributed by atoms with Gasteiger partial charge in [0.05, 0.1) is 43.0 Å². The number of nitrogens with zero attached hydrogens (tertiary/aromatic N) is 1. The Balaban J connectivity index is 1.65. The SMILES string of the molecule is CCC(=O)O[C@H]1[C@H](C)O[C@@H](O[C@H]2[C@H](N(C)C)[C@@H](O)[C@H](OC3[C@@H](CC=O)C[C@@H](C)[C@@H](O)/C=C/[C@@H]4O[C@H]4C[C@@H](C)OC(=O)C[C@@H](OC(C)=O)[C@@H]3OC)O[C@@H]2C)C[C@@]1(C)O. The molecule has 4 heterocycles. The Hall–Kier alpha value is -2.58. The zero-order valence-electron chi connectivity index (χ0n) is 34.9. The molecule has 17 heteroatoms. The predicted octanol–water partition coefficient (Wildman–Crippen LogP) is 1.59. The average Bonchev–Trinajstić information content (AvgIpc) is 3.86. The molecule has 0 radical (unpaired) electrons. The zero-order chi connectivity index (χ0) is 42.4. The lowest BCUT2D eigenvalue weighted by Gasteiger charge is -2.50. The predicted molar refractivity (Wildman–Crippen MR) is 200 cm³/mol. The van der Waals surface area contributed by atoms with E-state index in [0.717, 1.165) is 0 Å². The summed E-state index contributed by atoms with van der Waals surface area (Å²) in [6.45, 7) is 11.4. The molecule has 1 unspecified atom stereocenters. The number of hydrogen-bond acceptors (Lipinski definition) is 17. The van der Waals surface area contributed by atoms with Crippen LogP contribution in [0, 0.1) is 11.8 Å². The fourth-order valence-electron chi connectivity index (χ4n) is 8.32. The number of aldehydes is 1. The Bertz CT molecular complexity index is 1380. The molecular formula is C40H65NO16. The van der Waals surface area contributed by atoms with E-state index < -0.39 is 121 Å². The summed E-state index contributed by atoms with van der Waals surface area (Å²) in [6.07, 6.45) is -8.10. The minimum absolute atomic E-state index is 0.0460. The highest BCUT2D eigenvalue weighted by molar-refractivity contribution is 5.72. The van der Waals surface area contributed by atoms with E-state index in [9.17, 15) is 34.5 Å². The number of rotatable bonds is 11. The van der Waals surface area contributed by atoms with Crippen molar-refractivity contribution in [1.29, 1.82) is 0 Å². The van der Waals surface area contributed by atoms with Gasteiger partial charge in [0.1, 0.15) is 48.5 Å². The van der Waals surface area contributed by atoms with E-state index >= 15 is 0 Å². The first-order chi connectivity index (χ1) is 26.8. The Morgan fingerprint density at radius 1 is 0.982 bits per heavy atom. The molecule has 4 rings (SSSR count). The van der Waals surface area contributed by atoms with Crippen molar-refractivity contribution < 1.29 is 77.1 Å². The Kier molecular flexibility index (Phi) is 17.0. The number of cyclic esters (lactones) is 1. The summed E-state index contributed by atoms with van der Waals surface area (Å²) in [7, 11) is 4.84. The molecule has 0 amide bonds. The van der Waals surface area contributed by atoms with Crippen LogP contribution in [0.5, 0.6) is 0 Å². The summed E-state index contributed by atoms with van der Waals surface area (Å²) in [6, 6.07) is -0.782. The zero-order valence-corrected chi connectivity index (χ0v) is 34.9. The van der Waals surface area contributed by atoms with Gasteiger partial charge in [0, 0.05) is 39.7 Å². The lowest BCUT2D eigenvalue weighted by atomic mass is 9.82. The second-order valence-corrected chi connectivity index (χ2v) is 16.4. The molecular weight excluding hydrogens is 750 g/mol. The van der Waals surface area contributed by atoms with E-state index in [0.29, 0.717) is 12.7 Å². The van der Waals surface area contributed by atoms with Crippen LogP contribution in [0.15, 0.2) is 12.2 Å². The maximum absolute atomic E-state index is 13.3. The van der Waals surface area contributed by atoms with Crippen LogP contribution in [-0.4, -0.2) is 163 Å². The number of aliphatic hydroxyl groups excluding tert-OH is 2. The van der Waals surface area contributed by atoms with Crippen molar-refractivity contribution in [2.24, 2.45) is 11.8 Å². The molecule has 0 saturated carbocycles. The number of methoxy groups -OCH3 is 1. The first kappa shape index (κ1) is 47.1. The molecule has 3 saturated heterocycles. The topological polar surface area (TPSA) is 219 Å². The summed E-state index contributed by atoms with van der Waals surface area (Å²) >= 11 is 0. The van der Waals surface area contributed by atoms with Crippen molar-refractivity contribution in [2.45, 2.75) is 184 Å². The van der Waals surface area contributed by atoms with Crippen LogP contribution in [0.2, 0.25) is 0 Å². The minimum atomic E-state index is -1.49. The van der Waals surface area contributed by atoms with Crippen LogP contribution >= 0.6 is 0 Å². The van der Waals surface area contributed by atoms with Gasteiger partial charge < -0.3 is 67.6 Å². The number of likely N-dealkylation sites (N-methyl/N-ethyl adjacent to an activating group) is 1. The molecule has 0 aromatic carbocycles. The van der Waals surface area contributed by atoms with Gasteiger partial charge in [0.2, 0.25) is 0 Å². The molecule has 0 aromatic heterocycles. The molecule has 4 aliphatic rings. The molecule has 18 atom stereocenters. The summed E-state index contributed by atoms with van der Waals surface area (Å²) in [5.74, 6) is -2.95. The highest BCUT2D eigenvalue weighted by Gasteiger charge is 2.53. The molecule has 57 heavy (non-hydrogen) atoms. The van der Waals surface area contributed by atoms with Gasteiger partial charge in [-0.05, 0) is 60.0 Å². The largest absolute Gasteiger partial charge is 0.462 e. The van der Waals surface area contributed by atoms with E-state index in [1.807, 2.05) is 6.92 Å². The lowest BCUT2D eigenvalue weighted by molar-refractivity contribution is -0.344. The van der Waals surface area contributed by atoms with Crippen molar-refractivity contribution >= 4 is 24.2 Å². The second kappa shape index (κ2) is 20.6. The average molecular weight is 816 g/mol. The maximum Gasteiger partial charge on any atom is 0.309 e. The van der Waals surface area contributed by atoms with E-state index in [1.54, 1.807) is 65.8 Å². The molecule has 0 aromatic rings. The normalized spacial score (nSPS) is 44.0. The number of ether oxygens (including phenoxy) is 9. The third-order valence-corrected chi connectivity index (χ3v) is 11.3. The number of aliphatic hydroxyl groups is 3. The van der Waals surface area contributed by atoms with Crippen LogP contribution in [0.3, 0.4) is 0 Å². The molecule has 3 fully saturated rings. The van der Waals surface area contributed by atoms with Crippen molar-refractivity contribution in [3.8, 4) is 0 Å². The lowest BCUT2D eigenvalue weighted by Crippen LogP contribution is -2.66. The second-order valence-electron chi connectivity index (χ2n) is 16.4. The summed E-state index contributed by atoms with van der Waals surface area (Å²) in [5.41, 5.74) is -1.49. The highest BCUT2D eigenvalue weighted by atomic mass is 16.7. The van der Waals surface area contributed by atoms with Crippen LogP contribution in [0.25, 0.3) is 0 Å². The van der Waals surface area contributed by atoms with Crippen molar-refractivity contribution in [3.05, 3.63) is 12.2 Å². The summed E-state index contributed by atoms with van der Waals surface area (Å²) < 4.78 is 54.1. The van der Waals surface area contributed by atoms with E-state index in [4.69, 9.17) is 42.6 Å². The number of hydrogen-bond donors (Lipinski definition) is 3. The molecule has 3 N–H and O–H groups in total. The van der Waals surface area contributed by atoms with Gasteiger partial charge in [-0.2, -0.15) is 0 Å². The van der Waals surface area contributed by atoms with Crippen LogP contribution in [0.1, 0.15) is 87.0 Å². The van der Waals surface area contributed by atoms with E-state index in [1.165, 1.54) is 14.0 Å². The molecule has 17 nitrogen and oxygen atoms in total. The van der Waals surface area contributed by atoms with Gasteiger partial charge in [0.25, 0.3) is 0 Å². The van der Waals surface area contributed by atoms with Gasteiger partial charge in [-0.15, -0.1) is 0 Å². The molecule has 0 spiro atoms. The fraction of sp³-hybridized carbons (Fsp3) is 0.850. The van der Waals surface area contributed by atoms with Crippen molar-refractivity contribution in [3.63, 3.8) is 0 Å². The third-order valence-electron chi connectivity index (χ3n) is 11.3. The van der Waals surface area contributed by atoms with E-state index in [2.05, 4.69) is 0 Å². The van der Waals surface area contributed by atoms with Crippen molar-refractivity contribution in [1.82, 2.24) is 4.90 Å². The van der Waals surface area contributed by atoms with E-state index in [-0.39, 0.29) is 37.9 Å². The van der Waals surface area contributed by atoms with Gasteiger partial charge in [-0.1, -0.05) is 26.0 Å². The fourth-order valence-corrected chi connectivity index (χ4v) is 8.32. The minimum Gasteiger partial charge on any atom is -0.462 e. The van der Waals surface area contributed by atoms with Gasteiger partial charge in [-0.25, -0.2) is 0 Å². The summed E-state index contributed by atoms with van der Waals surface area (Å²) in [4.78, 5) is 51.9. The first-order valence-electron chi connectivity index (χ1n) is 20.0. The monoisotopic (exact) mass is 815 g/mol. The number of esters is 3. The molecule has 0 bridgehead atoms. The van der Waals surface area contributed by atoms with Crippen LogP contribution < -0.4 is 0 Å². The molecule has 0 aliphatic carbocycles. The standard InChI is InChI=1S/C40H65NO16/c1-11-30(45)55-38-23(5)51-32(19-40(38,7)48)56-35-22(4)52-39(34(47)33(35)41(8)9)57-36-25(14-15-42)16-20(2)26(44)12-13-27-28(54-27)17-21(3)50-31(46)18-29(37(36)49-10)53-24(6)43/h12-13,15,20-23,25-29,32-39,44,47-48H,11,14,16-19H2,1-10H3/b13-12+/t20-,21-,22-,23+,25+,26+,27+,28+,29-,32+,33-,34-,35-,36?,37+,38+,39+,40-/m1/s1. The van der Waals surface area contributed by atoms with Crippen LogP contribution in [-0.2, 0) is 61.8 Å². The molecule has 4 aliphatic heterocycles. The highest BCUT2D eigenvalue weighted by Crippen LogP contribution is 2.38. The maximum atomic E-state index is 13.3. The summed E-state index contributed by atoms with van der Waals surface area (Å²) in [5, 5.41) is 34.5. The number of fused-ring (bicyclic) bond motifs is 1. The van der Waals surface area contributed by atoms with Gasteiger partial charge in [-0.3, -0.25) is 14.4 Å². The number of carbonyl (C=O) groups is 4. The quantitative estimate of drug-likeness (QED) is 0.0887. The Labute approximate surface area is 335 Å². The number of carbonyl (C=O) groups excluding carboxylic acids is 4. The smallest absolute Gasteiger partial charge is 0.309 e. The van der Waals surface area contributed by atoms with Gasteiger partial charge >= 0.3 is 17.9 Å². The number of epoxide rings is 1. The third kappa shape index (κ3) is 12.5. The van der Waals surface area contributed by atoms with Crippen LogP contribution in [0.4, 0.5) is 0 Å². The Morgan fingerprint density at radius 3 is 2.28 bits per heavy atom.